The minimum Gasteiger partial charge on any atom is -0.379 e. The first-order valence-electron chi connectivity index (χ1n) is 12.2. The lowest BCUT2D eigenvalue weighted by atomic mass is 9.99. The van der Waals surface area contributed by atoms with E-state index in [2.05, 4.69) is 50.0 Å². The van der Waals surface area contributed by atoms with Crippen LogP contribution in [0.3, 0.4) is 0 Å². The third kappa shape index (κ3) is 5.31. The molecular weight excluding hydrogens is 426 g/mol. The van der Waals surface area contributed by atoms with Crippen LogP contribution in [0.5, 0.6) is 0 Å². The van der Waals surface area contributed by atoms with Crippen molar-refractivity contribution in [3.05, 3.63) is 52.3 Å². The Morgan fingerprint density at radius 1 is 1.06 bits per heavy atom. The average Bonchev–Trinajstić information content (AvgIpc) is 3.12. The zero-order valence-electron chi connectivity index (χ0n) is 21.4. The Morgan fingerprint density at radius 2 is 1.74 bits per heavy atom. The molecule has 34 heavy (non-hydrogen) atoms. The van der Waals surface area contributed by atoms with E-state index in [9.17, 15) is 4.79 Å². The number of ether oxygens (including phenoxy) is 1. The number of aryl methyl sites for hydroxylation is 3. The lowest BCUT2D eigenvalue weighted by molar-refractivity contribution is -0.116. The van der Waals surface area contributed by atoms with E-state index in [-0.39, 0.29) is 11.4 Å². The van der Waals surface area contributed by atoms with Crippen LogP contribution in [-0.4, -0.2) is 51.9 Å². The van der Waals surface area contributed by atoms with Crippen molar-refractivity contribution >= 4 is 22.6 Å². The number of amides is 1. The zero-order chi connectivity index (χ0) is 24.5. The molecule has 0 unspecified atom stereocenters. The van der Waals surface area contributed by atoms with Crippen molar-refractivity contribution in [2.24, 2.45) is 0 Å². The number of nitrogens with zero attached hydrogens (tertiary/aromatic N) is 4. The van der Waals surface area contributed by atoms with Crippen LogP contribution in [0.15, 0.2) is 24.3 Å². The van der Waals surface area contributed by atoms with Gasteiger partial charge in [0.25, 0.3) is 0 Å². The molecule has 4 rings (SSSR count). The molecule has 7 nitrogen and oxygen atoms in total. The SMILES string of the molecule is Cc1nc2c(c(C)nn2C(C)(C)C)c(C)c1CCC(=O)Nc1ccc(CN2CCOCC2)cc1. The van der Waals surface area contributed by atoms with Gasteiger partial charge in [-0.1, -0.05) is 12.1 Å². The average molecular weight is 464 g/mol. The number of aromatic nitrogens is 3. The summed E-state index contributed by atoms with van der Waals surface area (Å²) >= 11 is 0. The minimum absolute atomic E-state index is 0.0157. The predicted octanol–water partition coefficient (Wildman–Crippen LogP) is 4.52. The molecule has 1 aliphatic heterocycles. The maximum absolute atomic E-state index is 12.7. The van der Waals surface area contributed by atoms with Gasteiger partial charge < -0.3 is 10.1 Å². The van der Waals surface area contributed by atoms with Gasteiger partial charge in [0.2, 0.25) is 5.91 Å². The second-order valence-corrected chi connectivity index (χ2v) is 10.3. The number of carbonyl (C=O) groups excluding carboxylic acids is 1. The summed E-state index contributed by atoms with van der Waals surface area (Å²) in [5, 5.41) is 8.91. The molecule has 3 heterocycles. The Kier molecular flexibility index (Phi) is 7.05. The van der Waals surface area contributed by atoms with Crippen LogP contribution >= 0.6 is 0 Å². The van der Waals surface area contributed by atoms with Crippen molar-refractivity contribution in [2.75, 3.05) is 31.6 Å². The molecule has 3 aromatic rings. The molecule has 2 aromatic heterocycles. The Bertz CT molecular complexity index is 1170. The van der Waals surface area contributed by atoms with Gasteiger partial charge in [0, 0.05) is 42.8 Å². The Morgan fingerprint density at radius 3 is 2.38 bits per heavy atom. The van der Waals surface area contributed by atoms with E-state index in [0.717, 1.165) is 66.5 Å². The lowest BCUT2D eigenvalue weighted by Crippen LogP contribution is -2.35. The smallest absolute Gasteiger partial charge is 0.224 e. The summed E-state index contributed by atoms with van der Waals surface area (Å²) in [6, 6.07) is 8.16. The Labute approximate surface area is 202 Å². The first-order valence-corrected chi connectivity index (χ1v) is 12.2. The fraction of sp³-hybridized carbons (Fsp3) is 0.519. The topological polar surface area (TPSA) is 72.3 Å². The molecule has 1 aromatic carbocycles. The molecule has 1 N–H and O–H groups in total. The fourth-order valence-corrected chi connectivity index (χ4v) is 4.72. The summed E-state index contributed by atoms with van der Waals surface area (Å²) in [5.74, 6) is 0.0157. The van der Waals surface area contributed by atoms with Crippen LogP contribution in [-0.2, 0) is 28.0 Å². The second-order valence-electron chi connectivity index (χ2n) is 10.3. The molecule has 0 spiro atoms. The van der Waals surface area contributed by atoms with Gasteiger partial charge >= 0.3 is 0 Å². The molecule has 0 bridgehead atoms. The van der Waals surface area contributed by atoms with Crippen molar-refractivity contribution in [2.45, 2.75) is 66.5 Å². The van der Waals surface area contributed by atoms with Gasteiger partial charge in [-0.15, -0.1) is 0 Å². The quantitative estimate of drug-likeness (QED) is 0.582. The van der Waals surface area contributed by atoms with Gasteiger partial charge in [-0.3, -0.25) is 9.69 Å². The molecule has 1 fully saturated rings. The number of morpholine rings is 1. The van der Waals surface area contributed by atoms with E-state index < -0.39 is 0 Å². The molecule has 0 atom stereocenters. The van der Waals surface area contributed by atoms with Crippen molar-refractivity contribution < 1.29 is 9.53 Å². The first-order chi connectivity index (χ1) is 16.1. The molecule has 182 valence electrons. The van der Waals surface area contributed by atoms with Gasteiger partial charge in [0.1, 0.15) is 0 Å². The molecular formula is C27H37N5O2. The van der Waals surface area contributed by atoms with E-state index in [1.54, 1.807) is 0 Å². The third-order valence-corrected chi connectivity index (χ3v) is 6.56. The summed E-state index contributed by atoms with van der Waals surface area (Å²) in [6.07, 6.45) is 1.07. The fourth-order valence-electron chi connectivity index (χ4n) is 4.72. The highest BCUT2D eigenvalue weighted by molar-refractivity contribution is 5.91. The maximum atomic E-state index is 12.7. The summed E-state index contributed by atoms with van der Waals surface area (Å²) < 4.78 is 7.42. The first kappa shape index (κ1) is 24.4. The van der Waals surface area contributed by atoms with Gasteiger partial charge in [-0.2, -0.15) is 5.10 Å². The summed E-state index contributed by atoms with van der Waals surface area (Å²) in [5.41, 5.74) is 7.13. The molecule has 1 saturated heterocycles. The van der Waals surface area contributed by atoms with Crippen LogP contribution in [0.25, 0.3) is 11.0 Å². The molecule has 1 aliphatic rings. The van der Waals surface area contributed by atoms with Crippen molar-refractivity contribution in [1.82, 2.24) is 19.7 Å². The number of anilines is 1. The number of nitrogens with one attached hydrogen (secondary N) is 1. The zero-order valence-corrected chi connectivity index (χ0v) is 21.4. The number of carbonyl (C=O) groups is 1. The monoisotopic (exact) mass is 463 g/mol. The number of hydrogen-bond acceptors (Lipinski definition) is 5. The molecule has 0 aliphatic carbocycles. The van der Waals surface area contributed by atoms with Crippen molar-refractivity contribution in [3.63, 3.8) is 0 Å². The lowest BCUT2D eigenvalue weighted by Gasteiger charge is -2.26. The molecule has 0 saturated carbocycles. The van der Waals surface area contributed by atoms with E-state index >= 15 is 0 Å². The number of pyridine rings is 1. The van der Waals surface area contributed by atoms with E-state index in [0.29, 0.717) is 12.8 Å². The van der Waals surface area contributed by atoms with Gasteiger partial charge in [0.15, 0.2) is 5.65 Å². The minimum atomic E-state index is -0.141. The largest absolute Gasteiger partial charge is 0.379 e. The van der Waals surface area contributed by atoms with Gasteiger partial charge in [-0.25, -0.2) is 9.67 Å². The van der Waals surface area contributed by atoms with Crippen molar-refractivity contribution in [3.8, 4) is 0 Å². The highest BCUT2D eigenvalue weighted by atomic mass is 16.5. The van der Waals surface area contributed by atoms with E-state index in [4.69, 9.17) is 14.8 Å². The van der Waals surface area contributed by atoms with Crippen LogP contribution in [0, 0.1) is 20.8 Å². The summed E-state index contributed by atoms with van der Waals surface area (Å²) in [6.45, 7) is 17.0. The van der Waals surface area contributed by atoms with Gasteiger partial charge in [0.05, 0.1) is 24.4 Å². The Balaban J connectivity index is 1.41. The van der Waals surface area contributed by atoms with Crippen LogP contribution in [0.1, 0.15) is 55.3 Å². The highest BCUT2D eigenvalue weighted by Crippen LogP contribution is 2.29. The molecule has 1 amide bonds. The molecule has 0 radical (unpaired) electrons. The third-order valence-electron chi connectivity index (χ3n) is 6.56. The van der Waals surface area contributed by atoms with Crippen LogP contribution < -0.4 is 5.32 Å². The van der Waals surface area contributed by atoms with Crippen molar-refractivity contribution in [1.29, 1.82) is 0 Å². The van der Waals surface area contributed by atoms with Crippen LogP contribution in [0.2, 0.25) is 0 Å². The predicted molar refractivity (Wildman–Crippen MR) is 136 cm³/mol. The van der Waals surface area contributed by atoms with Gasteiger partial charge in [-0.05, 0) is 76.8 Å². The van der Waals surface area contributed by atoms with E-state index in [1.807, 2.05) is 30.7 Å². The number of fused-ring (bicyclic) bond motifs is 1. The van der Waals surface area contributed by atoms with E-state index in [1.165, 1.54) is 11.1 Å². The second kappa shape index (κ2) is 9.84. The number of rotatable bonds is 6. The standard InChI is InChI=1S/C27H37N5O2/c1-18-23(19(2)28-26-25(18)20(3)30-32(26)27(4,5)6)11-12-24(33)29-22-9-7-21(8-10-22)17-31-13-15-34-16-14-31/h7-10H,11-17H2,1-6H3,(H,29,33). The molecule has 7 heteroatoms. The normalized spacial score (nSPS) is 15.1. The summed E-state index contributed by atoms with van der Waals surface area (Å²) in [7, 11) is 0. The Hall–Kier alpha value is -2.77. The highest BCUT2D eigenvalue weighted by Gasteiger charge is 2.23. The summed E-state index contributed by atoms with van der Waals surface area (Å²) in [4.78, 5) is 20.0. The maximum Gasteiger partial charge on any atom is 0.224 e. The number of hydrogen-bond donors (Lipinski definition) is 1. The number of benzene rings is 1. The van der Waals surface area contributed by atoms with Crippen LogP contribution in [0.4, 0.5) is 5.69 Å².